The van der Waals surface area contributed by atoms with Crippen molar-refractivity contribution in [3.63, 3.8) is 0 Å². The van der Waals surface area contributed by atoms with Crippen LogP contribution in [0, 0.1) is 0 Å². The minimum Gasteiger partial charge on any atom is -0.481 e. The van der Waals surface area contributed by atoms with Gasteiger partial charge in [0.25, 0.3) is 0 Å². The first-order valence-electron chi connectivity index (χ1n) is 8.39. The Morgan fingerprint density at radius 3 is 2.83 bits per heavy atom. The number of aryl methyl sites for hydroxylation is 1. The van der Waals surface area contributed by atoms with Crippen molar-refractivity contribution >= 4 is 17.7 Å². The summed E-state index contributed by atoms with van der Waals surface area (Å²) in [4.78, 5) is 27.8. The molecule has 0 aromatic heterocycles. The number of urea groups is 1. The SMILES string of the molecule is CC1(C)COC(CC(=O)O)CN1C(=O)N1CCCc2ccccc21. The van der Waals surface area contributed by atoms with E-state index in [2.05, 4.69) is 6.07 Å². The van der Waals surface area contributed by atoms with Gasteiger partial charge >= 0.3 is 12.0 Å². The van der Waals surface area contributed by atoms with E-state index in [1.807, 2.05) is 36.9 Å². The zero-order chi connectivity index (χ0) is 17.3. The van der Waals surface area contributed by atoms with Gasteiger partial charge in [-0.1, -0.05) is 18.2 Å². The van der Waals surface area contributed by atoms with Crippen molar-refractivity contribution in [1.82, 2.24) is 4.90 Å². The number of aliphatic carboxylic acids is 1. The van der Waals surface area contributed by atoms with E-state index in [0.29, 0.717) is 19.7 Å². The second-order valence-corrected chi connectivity index (χ2v) is 7.12. The van der Waals surface area contributed by atoms with E-state index in [1.54, 1.807) is 4.90 Å². The first-order chi connectivity index (χ1) is 11.4. The van der Waals surface area contributed by atoms with Crippen LogP contribution >= 0.6 is 0 Å². The molecule has 24 heavy (non-hydrogen) atoms. The molecule has 0 bridgehead atoms. The highest BCUT2D eigenvalue weighted by molar-refractivity contribution is 5.94. The number of anilines is 1. The van der Waals surface area contributed by atoms with E-state index in [4.69, 9.17) is 9.84 Å². The number of carbonyl (C=O) groups is 2. The number of carboxylic acid groups (broad SMARTS) is 1. The molecule has 1 atom stereocenters. The predicted molar refractivity (Wildman–Crippen MR) is 90.3 cm³/mol. The van der Waals surface area contributed by atoms with Gasteiger partial charge < -0.3 is 14.7 Å². The molecule has 1 aromatic carbocycles. The second-order valence-electron chi connectivity index (χ2n) is 7.12. The van der Waals surface area contributed by atoms with Gasteiger partial charge in [0, 0.05) is 18.8 Å². The van der Waals surface area contributed by atoms with Crippen molar-refractivity contribution in [1.29, 1.82) is 0 Å². The third-order valence-corrected chi connectivity index (χ3v) is 4.76. The molecule has 2 amide bonds. The molecule has 1 aromatic rings. The molecule has 3 rings (SSSR count). The fraction of sp³-hybridized carbons (Fsp3) is 0.556. The quantitative estimate of drug-likeness (QED) is 0.903. The summed E-state index contributed by atoms with van der Waals surface area (Å²) in [5.74, 6) is -0.907. The number of para-hydroxylation sites is 1. The summed E-state index contributed by atoms with van der Waals surface area (Å²) in [5.41, 5.74) is 1.69. The topological polar surface area (TPSA) is 70.1 Å². The Labute approximate surface area is 142 Å². The number of fused-ring (bicyclic) bond motifs is 1. The summed E-state index contributed by atoms with van der Waals surface area (Å²) in [6.45, 7) is 5.24. The fourth-order valence-electron chi connectivity index (χ4n) is 3.44. The average molecular weight is 332 g/mol. The van der Waals surface area contributed by atoms with Gasteiger partial charge in [-0.25, -0.2) is 4.79 Å². The summed E-state index contributed by atoms with van der Waals surface area (Å²) in [5, 5.41) is 9.01. The van der Waals surface area contributed by atoms with Crippen molar-refractivity contribution in [2.24, 2.45) is 0 Å². The molecule has 130 valence electrons. The van der Waals surface area contributed by atoms with Gasteiger partial charge in [0.15, 0.2) is 0 Å². The predicted octanol–water partition coefficient (Wildman–Crippen LogP) is 2.51. The van der Waals surface area contributed by atoms with Gasteiger partial charge in [-0.2, -0.15) is 0 Å². The highest BCUT2D eigenvalue weighted by Gasteiger charge is 2.41. The third-order valence-electron chi connectivity index (χ3n) is 4.76. The number of ether oxygens (including phenoxy) is 1. The van der Waals surface area contributed by atoms with Gasteiger partial charge in [0.05, 0.1) is 24.7 Å². The van der Waals surface area contributed by atoms with Gasteiger partial charge in [-0.3, -0.25) is 9.69 Å². The second kappa shape index (κ2) is 6.43. The average Bonchev–Trinajstić information content (AvgIpc) is 2.55. The Bertz CT molecular complexity index is 644. The number of hydrogen-bond acceptors (Lipinski definition) is 3. The highest BCUT2D eigenvalue weighted by Crippen LogP contribution is 2.31. The van der Waals surface area contributed by atoms with E-state index in [9.17, 15) is 9.59 Å². The summed E-state index contributed by atoms with van der Waals surface area (Å²) in [6.07, 6.45) is 1.37. The molecule has 2 aliphatic heterocycles. The van der Waals surface area contributed by atoms with Crippen LogP contribution in [-0.2, 0) is 16.0 Å². The number of carboxylic acids is 1. The molecule has 6 nitrogen and oxygen atoms in total. The molecule has 1 unspecified atom stereocenters. The van der Waals surface area contributed by atoms with Crippen LogP contribution in [0.4, 0.5) is 10.5 Å². The largest absolute Gasteiger partial charge is 0.481 e. The maximum absolute atomic E-state index is 13.2. The van der Waals surface area contributed by atoms with Crippen molar-refractivity contribution in [3.05, 3.63) is 29.8 Å². The number of amides is 2. The van der Waals surface area contributed by atoms with Gasteiger partial charge in [-0.05, 0) is 38.3 Å². The van der Waals surface area contributed by atoms with E-state index < -0.39 is 17.6 Å². The number of hydrogen-bond donors (Lipinski definition) is 1. The molecule has 0 aliphatic carbocycles. The minimum atomic E-state index is -0.907. The molecule has 1 fully saturated rings. The van der Waals surface area contributed by atoms with Gasteiger partial charge in [-0.15, -0.1) is 0 Å². The van der Waals surface area contributed by atoms with E-state index in [1.165, 1.54) is 5.56 Å². The maximum Gasteiger partial charge on any atom is 0.325 e. The van der Waals surface area contributed by atoms with Crippen LogP contribution in [0.2, 0.25) is 0 Å². The standard InChI is InChI=1S/C18H24N2O4/c1-18(2)12-24-14(10-16(21)22)11-20(18)17(23)19-9-5-7-13-6-3-4-8-15(13)19/h3-4,6,8,14H,5,7,9-12H2,1-2H3,(H,21,22). The number of benzene rings is 1. The van der Waals surface area contributed by atoms with Crippen LogP contribution in [0.15, 0.2) is 24.3 Å². The monoisotopic (exact) mass is 332 g/mol. The lowest BCUT2D eigenvalue weighted by molar-refractivity contribution is -0.144. The van der Waals surface area contributed by atoms with Crippen LogP contribution in [0.1, 0.15) is 32.3 Å². The van der Waals surface area contributed by atoms with Crippen LogP contribution in [0.3, 0.4) is 0 Å². The normalized spacial score (nSPS) is 22.8. The first kappa shape index (κ1) is 16.8. The molecule has 2 heterocycles. The third kappa shape index (κ3) is 3.24. The molecule has 6 heteroatoms. The summed E-state index contributed by atoms with van der Waals surface area (Å²) in [6, 6.07) is 7.92. The lowest BCUT2D eigenvalue weighted by Crippen LogP contribution is -2.62. The smallest absolute Gasteiger partial charge is 0.325 e. The lowest BCUT2D eigenvalue weighted by atomic mass is 9.99. The van der Waals surface area contributed by atoms with Crippen molar-refractivity contribution < 1.29 is 19.4 Å². The van der Waals surface area contributed by atoms with Crippen LogP contribution in [-0.4, -0.2) is 53.3 Å². The number of rotatable bonds is 2. The first-order valence-corrected chi connectivity index (χ1v) is 8.39. The molecule has 2 aliphatic rings. The highest BCUT2D eigenvalue weighted by atomic mass is 16.5. The molecular weight excluding hydrogens is 308 g/mol. The molecule has 1 N–H and O–H groups in total. The summed E-state index contributed by atoms with van der Waals surface area (Å²) < 4.78 is 5.65. The van der Waals surface area contributed by atoms with Crippen molar-refractivity contribution in [3.8, 4) is 0 Å². The lowest BCUT2D eigenvalue weighted by Gasteiger charge is -2.47. The van der Waals surface area contributed by atoms with Crippen molar-refractivity contribution in [2.75, 3.05) is 24.6 Å². The molecular formula is C18H24N2O4. The Morgan fingerprint density at radius 2 is 2.08 bits per heavy atom. The van der Waals surface area contributed by atoms with Gasteiger partial charge in [0.1, 0.15) is 0 Å². The van der Waals surface area contributed by atoms with E-state index in [-0.39, 0.29) is 12.5 Å². The number of morpholine rings is 1. The molecule has 0 radical (unpaired) electrons. The maximum atomic E-state index is 13.2. The zero-order valence-corrected chi connectivity index (χ0v) is 14.2. The molecule has 0 saturated carbocycles. The van der Waals surface area contributed by atoms with Crippen LogP contribution in [0.5, 0.6) is 0 Å². The van der Waals surface area contributed by atoms with Crippen LogP contribution in [0.25, 0.3) is 0 Å². The van der Waals surface area contributed by atoms with E-state index in [0.717, 1.165) is 18.5 Å². The van der Waals surface area contributed by atoms with Crippen LogP contribution < -0.4 is 4.90 Å². The zero-order valence-electron chi connectivity index (χ0n) is 14.2. The molecule has 0 spiro atoms. The van der Waals surface area contributed by atoms with Gasteiger partial charge in [0.2, 0.25) is 0 Å². The fourth-order valence-corrected chi connectivity index (χ4v) is 3.44. The minimum absolute atomic E-state index is 0.0640. The Morgan fingerprint density at radius 1 is 1.33 bits per heavy atom. The molecule has 1 saturated heterocycles. The Balaban J connectivity index is 1.83. The summed E-state index contributed by atoms with van der Waals surface area (Å²) in [7, 11) is 0. The van der Waals surface area contributed by atoms with Crippen molar-refractivity contribution in [2.45, 2.75) is 44.8 Å². The number of nitrogens with zero attached hydrogens (tertiary/aromatic N) is 2. The Hall–Kier alpha value is -2.08. The van der Waals surface area contributed by atoms with E-state index >= 15 is 0 Å². The number of carbonyl (C=O) groups excluding carboxylic acids is 1. The Kier molecular flexibility index (Phi) is 4.49. The summed E-state index contributed by atoms with van der Waals surface area (Å²) >= 11 is 0.